The van der Waals surface area contributed by atoms with Gasteiger partial charge in [0.2, 0.25) is 0 Å². The number of thiophene rings is 1. The van der Waals surface area contributed by atoms with E-state index in [-0.39, 0.29) is 5.75 Å². The van der Waals surface area contributed by atoms with E-state index in [0.29, 0.717) is 5.75 Å². The van der Waals surface area contributed by atoms with Crippen LogP contribution in [-0.2, 0) is 0 Å². The zero-order valence-corrected chi connectivity index (χ0v) is 10.7. The highest BCUT2D eigenvalue weighted by atomic mass is 32.1. The number of hydrogen-bond acceptors (Lipinski definition) is 3. The lowest BCUT2D eigenvalue weighted by Crippen LogP contribution is -1.76. The summed E-state index contributed by atoms with van der Waals surface area (Å²) < 4.78 is 1.16. The molecule has 0 radical (unpaired) electrons. The maximum Gasteiger partial charge on any atom is 0.116 e. The molecule has 3 heteroatoms. The molecular weight excluding hydrogens is 244 g/mol. The van der Waals surface area contributed by atoms with Crippen LogP contribution in [0.2, 0.25) is 0 Å². The number of rotatable bonds is 1. The van der Waals surface area contributed by atoms with Crippen LogP contribution in [0, 0.1) is 6.92 Å². The third-order valence-corrected chi connectivity index (χ3v) is 4.37. The molecule has 0 fully saturated rings. The minimum Gasteiger partial charge on any atom is -0.508 e. The lowest BCUT2D eigenvalue weighted by atomic mass is 10.1. The molecule has 0 aliphatic carbocycles. The van der Waals surface area contributed by atoms with Gasteiger partial charge in [0.25, 0.3) is 0 Å². The Bertz CT molecular complexity index is 711. The highest BCUT2D eigenvalue weighted by Crippen LogP contribution is 2.39. The maximum absolute atomic E-state index is 9.54. The van der Waals surface area contributed by atoms with Crippen LogP contribution < -0.4 is 0 Å². The van der Waals surface area contributed by atoms with Crippen LogP contribution in [-0.4, -0.2) is 10.2 Å². The summed E-state index contributed by atoms with van der Waals surface area (Å²) in [5.41, 5.74) is 2.25. The van der Waals surface area contributed by atoms with E-state index in [4.69, 9.17) is 0 Å². The van der Waals surface area contributed by atoms with Crippen LogP contribution in [0.5, 0.6) is 11.5 Å². The lowest BCUT2D eigenvalue weighted by Gasteiger charge is -2.00. The zero-order chi connectivity index (χ0) is 12.7. The van der Waals surface area contributed by atoms with Gasteiger partial charge in [-0.2, -0.15) is 0 Å². The average molecular weight is 256 g/mol. The van der Waals surface area contributed by atoms with Gasteiger partial charge < -0.3 is 10.2 Å². The van der Waals surface area contributed by atoms with Gasteiger partial charge in [-0.3, -0.25) is 0 Å². The maximum atomic E-state index is 9.54. The second kappa shape index (κ2) is 4.03. The van der Waals surface area contributed by atoms with Crippen molar-refractivity contribution in [1.29, 1.82) is 0 Å². The molecule has 90 valence electrons. The Balaban J connectivity index is 2.23. The first-order valence-corrected chi connectivity index (χ1v) is 6.48. The summed E-state index contributed by atoms with van der Waals surface area (Å²) in [6.07, 6.45) is 0. The predicted octanol–water partition coefficient (Wildman–Crippen LogP) is 4.29. The second-order valence-electron chi connectivity index (χ2n) is 4.28. The van der Waals surface area contributed by atoms with E-state index >= 15 is 0 Å². The van der Waals surface area contributed by atoms with Gasteiger partial charge in [0.1, 0.15) is 11.5 Å². The van der Waals surface area contributed by atoms with E-state index in [9.17, 15) is 10.2 Å². The monoisotopic (exact) mass is 256 g/mol. The first kappa shape index (κ1) is 11.1. The van der Waals surface area contributed by atoms with Gasteiger partial charge in [-0.25, -0.2) is 0 Å². The van der Waals surface area contributed by atoms with E-state index in [0.717, 1.165) is 21.2 Å². The minimum atomic E-state index is 0.273. The van der Waals surface area contributed by atoms with Crippen molar-refractivity contribution in [2.45, 2.75) is 6.92 Å². The standard InChI is InChI=1S/C15H12O2S/c1-9-13-8-12(17)6-7-14(13)18-15(9)10-2-4-11(16)5-3-10/h2-8,16-17H,1H3. The molecule has 2 nitrogen and oxygen atoms in total. The first-order chi connectivity index (χ1) is 8.65. The molecule has 0 spiro atoms. The van der Waals surface area contributed by atoms with Crippen LogP contribution in [0.3, 0.4) is 0 Å². The number of aromatic hydroxyl groups is 2. The van der Waals surface area contributed by atoms with Crippen LogP contribution in [0.15, 0.2) is 42.5 Å². The molecule has 2 aromatic carbocycles. The van der Waals surface area contributed by atoms with Gasteiger partial charge in [0, 0.05) is 9.58 Å². The van der Waals surface area contributed by atoms with E-state index in [1.807, 2.05) is 18.2 Å². The Morgan fingerprint density at radius 2 is 1.56 bits per heavy atom. The van der Waals surface area contributed by atoms with Gasteiger partial charge in [-0.1, -0.05) is 0 Å². The fourth-order valence-electron chi connectivity index (χ4n) is 2.10. The van der Waals surface area contributed by atoms with Crippen molar-refractivity contribution < 1.29 is 10.2 Å². The molecule has 1 heterocycles. The van der Waals surface area contributed by atoms with Gasteiger partial charge in [-0.05, 0) is 65.9 Å². The second-order valence-corrected chi connectivity index (χ2v) is 5.34. The van der Waals surface area contributed by atoms with Gasteiger partial charge in [0.05, 0.1) is 0 Å². The SMILES string of the molecule is Cc1c(-c2ccc(O)cc2)sc2ccc(O)cc12. The summed E-state index contributed by atoms with van der Waals surface area (Å²) in [4.78, 5) is 1.18. The van der Waals surface area contributed by atoms with Crippen molar-refractivity contribution in [1.82, 2.24) is 0 Å². The van der Waals surface area contributed by atoms with Crippen LogP contribution >= 0.6 is 11.3 Å². The predicted molar refractivity (Wildman–Crippen MR) is 75.3 cm³/mol. The highest BCUT2D eigenvalue weighted by molar-refractivity contribution is 7.22. The number of aryl methyl sites for hydroxylation is 1. The van der Waals surface area contributed by atoms with Gasteiger partial charge >= 0.3 is 0 Å². The van der Waals surface area contributed by atoms with Crippen molar-refractivity contribution in [3.8, 4) is 21.9 Å². The molecule has 0 saturated carbocycles. The molecule has 0 aliphatic heterocycles. The Labute approximate surface area is 109 Å². The number of fused-ring (bicyclic) bond motifs is 1. The molecular formula is C15H12O2S. The van der Waals surface area contributed by atoms with Crippen LogP contribution in [0.4, 0.5) is 0 Å². The third kappa shape index (κ3) is 1.73. The van der Waals surface area contributed by atoms with Crippen LogP contribution in [0.25, 0.3) is 20.5 Å². The largest absolute Gasteiger partial charge is 0.508 e. The molecule has 0 bridgehead atoms. The molecule has 3 rings (SSSR count). The number of phenols is 2. The van der Waals surface area contributed by atoms with E-state index < -0.39 is 0 Å². The summed E-state index contributed by atoms with van der Waals surface area (Å²) in [6, 6.07) is 12.6. The third-order valence-electron chi connectivity index (χ3n) is 3.05. The molecule has 2 N–H and O–H groups in total. The van der Waals surface area contributed by atoms with E-state index in [1.165, 1.54) is 4.88 Å². The number of hydrogen-bond donors (Lipinski definition) is 2. The first-order valence-electron chi connectivity index (χ1n) is 5.66. The van der Waals surface area contributed by atoms with Crippen molar-refractivity contribution in [3.63, 3.8) is 0 Å². The van der Waals surface area contributed by atoms with Crippen molar-refractivity contribution in [2.75, 3.05) is 0 Å². The van der Waals surface area contributed by atoms with Crippen LogP contribution in [0.1, 0.15) is 5.56 Å². The van der Waals surface area contributed by atoms with Crippen molar-refractivity contribution >= 4 is 21.4 Å². The summed E-state index contributed by atoms with van der Waals surface area (Å²) in [7, 11) is 0. The Morgan fingerprint density at radius 1 is 0.889 bits per heavy atom. The molecule has 3 aromatic rings. The zero-order valence-electron chi connectivity index (χ0n) is 9.84. The summed E-state index contributed by atoms with van der Waals surface area (Å²) in [5, 5.41) is 19.9. The van der Waals surface area contributed by atoms with E-state index in [1.54, 1.807) is 35.6 Å². The summed E-state index contributed by atoms with van der Waals surface area (Å²) >= 11 is 1.70. The van der Waals surface area contributed by atoms with Crippen molar-refractivity contribution in [3.05, 3.63) is 48.0 Å². The number of phenolic OH excluding ortho intramolecular Hbond substituents is 2. The molecule has 1 aromatic heterocycles. The molecule has 0 atom stereocenters. The Kier molecular flexibility index (Phi) is 2.49. The molecule has 0 unspecified atom stereocenters. The normalized spacial score (nSPS) is 10.9. The Hall–Kier alpha value is -2.00. The quantitative estimate of drug-likeness (QED) is 0.682. The summed E-state index contributed by atoms with van der Waals surface area (Å²) in [6.45, 7) is 2.06. The Morgan fingerprint density at radius 3 is 2.28 bits per heavy atom. The lowest BCUT2D eigenvalue weighted by molar-refractivity contribution is 0.475. The fourth-order valence-corrected chi connectivity index (χ4v) is 3.29. The average Bonchev–Trinajstić information content (AvgIpc) is 2.68. The summed E-state index contributed by atoms with van der Waals surface area (Å²) in [5.74, 6) is 0.566. The minimum absolute atomic E-state index is 0.273. The fraction of sp³-hybridized carbons (Fsp3) is 0.0667. The topological polar surface area (TPSA) is 40.5 Å². The van der Waals surface area contributed by atoms with Gasteiger partial charge in [0.15, 0.2) is 0 Å². The van der Waals surface area contributed by atoms with Gasteiger partial charge in [-0.15, -0.1) is 11.3 Å². The molecule has 0 saturated heterocycles. The smallest absolute Gasteiger partial charge is 0.116 e. The highest BCUT2D eigenvalue weighted by Gasteiger charge is 2.10. The van der Waals surface area contributed by atoms with Crippen molar-refractivity contribution in [2.24, 2.45) is 0 Å². The number of benzene rings is 2. The molecule has 0 aliphatic rings. The van der Waals surface area contributed by atoms with E-state index in [2.05, 4.69) is 6.92 Å². The molecule has 0 amide bonds. The molecule has 18 heavy (non-hydrogen) atoms.